The highest BCUT2D eigenvalue weighted by molar-refractivity contribution is 5.99. The van der Waals surface area contributed by atoms with E-state index in [0.29, 0.717) is 12.2 Å². The van der Waals surface area contributed by atoms with Crippen LogP contribution in [-0.2, 0) is 16.0 Å². The molecule has 0 fully saturated rings. The van der Waals surface area contributed by atoms with Gasteiger partial charge in [-0.25, -0.2) is 0 Å². The van der Waals surface area contributed by atoms with Crippen molar-refractivity contribution in [3.05, 3.63) is 47.7 Å². The van der Waals surface area contributed by atoms with Crippen LogP contribution in [0.4, 0.5) is 0 Å². The first-order valence-corrected chi connectivity index (χ1v) is 5.06. The Morgan fingerprint density at radius 2 is 1.93 bits per heavy atom. The molecule has 0 saturated heterocycles. The van der Waals surface area contributed by atoms with Gasteiger partial charge in [0.05, 0.1) is 5.76 Å². The van der Waals surface area contributed by atoms with E-state index in [1.54, 1.807) is 6.08 Å². The fourth-order valence-electron chi connectivity index (χ4n) is 1.88. The summed E-state index contributed by atoms with van der Waals surface area (Å²) in [5.41, 5.74) is 0.419. The Kier molecular flexibility index (Phi) is 2.35. The summed E-state index contributed by atoms with van der Waals surface area (Å²) in [4.78, 5) is 11.7. The lowest BCUT2D eigenvalue weighted by Crippen LogP contribution is -2.35. The van der Waals surface area contributed by atoms with Crippen molar-refractivity contribution >= 4 is 5.78 Å². The standard InChI is InChI=1S/C13H14O2/c1-10-8-12(14)13(2,15-10)9-11-6-4-3-5-7-11/h3-8H,9H2,1-2H3/t13-/m0/s1. The lowest BCUT2D eigenvalue weighted by Gasteiger charge is -2.23. The minimum atomic E-state index is -0.703. The molecule has 2 heteroatoms. The molecule has 0 bridgehead atoms. The molecular weight excluding hydrogens is 188 g/mol. The Labute approximate surface area is 89.6 Å². The molecular formula is C13H14O2. The molecule has 0 amide bonds. The van der Waals surface area contributed by atoms with Crippen LogP contribution < -0.4 is 0 Å². The van der Waals surface area contributed by atoms with Crippen molar-refractivity contribution in [2.24, 2.45) is 0 Å². The molecule has 2 rings (SSSR count). The SMILES string of the molecule is CC1=CC(=O)[C@](C)(Cc2ccccc2)O1. The summed E-state index contributed by atoms with van der Waals surface area (Å²) >= 11 is 0. The van der Waals surface area contributed by atoms with Gasteiger partial charge in [0.1, 0.15) is 0 Å². The maximum Gasteiger partial charge on any atom is 0.202 e. The Balaban J connectivity index is 2.17. The third-order valence-electron chi connectivity index (χ3n) is 2.63. The minimum absolute atomic E-state index is 0.0591. The summed E-state index contributed by atoms with van der Waals surface area (Å²) in [5.74, 6) is 0.766. The summed E-state index contributed by atoms with van der Waals surface area (Å²) in [6.07, 6.45) is 2.20. The quantitative estimate of drug-likeness (QED) is 0.736. The van der Waals surface area contributed by atoms with Crippen molar-refractivity contribution in [1.82, 2.24) is 0 Å². The lowest BCUT2D eigenvalue weighted by atomic mass is 9.93. The van der Waals surface area contributed by atoms with E-state index < -0.39 is 5.60 Å². The van der Waals surface area contributed by atoms with E-state index in [1.807, 2.05) is 44.2 Å². The van der Waals surface area contributed by atoms with Gasteiger partial charge in [-0.05, 0) is 19.4 Å². The van der Waals surface area contributed by atoms with Crippen molar-refractivity contribution in [3.63, 3.8) is 0 Å². The third-order valence-corrected chi connectivity index (χ3v) is 2.63. The summed E-state index contributed by atoms with van der Waals surface area (Å²) < 4.78 is 5.58. The Morgan fingerprint density at radius 3 is 2.47 bits per heavy atom. The number of allylic oxidation sites excluding steroid dienone is 1. The molecule has 2 nitrogen and oxygen atoms in total. The largest absolute Gasteiger partial charge is 0.484 e. The van der Waals surface area contributed by atoms with Crippen LogP contribution in [-0.4, -0.2) is 11.4 Å². The van der Waals surface area contributed by atoms with Crippen molar-refractivity contribution in [2.75, 3.05) is 0 Å². The fraction of sp³-hybridized carbons (Fsp3) is 0.308. The molecule has 1 heterocycles. The summed E-state index contributed by atoms with van der Waals surface area (Å²) in [6.45, 7) is 3.66. The molecule has 0 unspecified atom stereocenters. The predicted molar refractivity (Wildman–Crippen MR) is 58.4 cm³/mol. The van der Waals surface area contributed by atoms with Crippen LogP contribution in [0.25, 0.3) is 0 Å². The zero-order valence-corrected chi connectivity index (χ0v) is 8.99. The number of ketones is 1. The molecule has 1 aromatic carbocycles. The first kappa shape index (κ1) is 9.97. The van der Waals surface area contributed by atoms with E-state index in [1.165, 1.54) is 0 Å². The molecule has 0 saturated carbocycles. The molecule has 1 atom stereocenters. The lowest BCUT2D eigenvalue weighted by molar-refractivity contribution is -0.128. The van der Waals surface area contributed by atoms with Gasteiger partial charge in [-0.15, -0.1) is 0 Å². The van der Waals surface area contributed by atoms with Crippen LogP contribution in [0.5, 0.6) is 0 Å². The van der Waals surface area contributed by atoms with E-state index in [9.17, 15) is 4.79 Å². The second-order valence-corrected chi connectivity index (χ2v) is 4.11. The fourth-order valence-corrected chi connectivity index (χ4v) is 1.88. The molecule has 0 spiro atoms. The Hall–Kier alpha value is -1.57. The number of rotatable bonds is 2. The first-order valence-electron chi connectivity index (χ1n) is 5.06. The van der Waals surface area contributed by atoms with Crippen molar-refractivity contribution in [1.29, 1.82) is 0 Å². The molecule has 1 aromatic rings. The van der Waals surface area contributed by atoms with Crippen LogP contribution in [0, 0.1) is 0 Å². The minimum Gasteiger partial charge on any atom is -0.484 e. The van der Waals surface area contributed by atoms with E-state index in [2.05, 4.69) is 0 Å². The van der Waals surface area contributed by atoms with E-state index in [4.69, 9.17) is 4.74 Å². The van der Waals surface area contributed by atoms with Crippen LogP contribution >= 0.6 is 0 Å². The van der Waals surface area contributed by atoms with Crippen LogP contribution in [0.15, 0.2) is 42.2 Å². The second kappa shape index (κ2) is 3.54. The molecule has 0 N–H and O–H groups in total. The molecule has 1 aliphatic rings. The van der Waals surface area contributed by atoms with E-state index >= 15 is 0 Å². The Bertz CT molecular complexity index is 406. The van der Waals surface area contributed by atoms with Crippen LogP contribution in [0.1, 0.15) is 19.4 Å². The van der Waals surface area contributed by atoms with Crippen molar-refractivity contribution in [3.8, 4) is 0 Å². The third kappa shape index (κ3) is 1.94. The summed E-state index contributed by atoms with van der Waals surface area (Å²) in [6, 6.07) is 9.93. The van der Waals surface area contributed by atoms with Gasteiger partial charge in [0.2, 0.25) is 5.78 Å². The highest BCUT2D eigenvalue weighted by Crippen LogP contribution is 2.28. The second-order valence-electron chi connectivity index (χ2n) is 4.11. The van der Waals surface area contributed by atoms with Crippen molar-refractivity contribution < 1.29 is 9.53 Å². The number of ether oxygens (including phenoxy) is 1. The highest BCUT2D eigenvalue weighted by atomic mass is 16.5. The van der Waals surface area contributed by atoms with Gasteiger partial charge >= 0.3 is 0 Å². The van der Waals surface area contributed by atoms with Gasteiger partial charge in [-0.3, -0.25) is 4.79 Å². The summed E-state index contributed by atoms with van der Waals surface area (Å²) in [7, 11) is 0. The maximum absolute atomic E-state index is 11.7. The number of hydrogen-bond acceptors (Lipinski definition) is 2. The zero-order chi connectivity index (χ0) is 10.9. The van der Waals surface area contributed by atoms with Gasteiger partial charge in [0.15, 0.2) is 5.60 Å². The molecule has 78 valence electrons. The molecule has 0 radical (unpaired) electrons. The molecule has 1 aliphatic heterocycles. The van der Waals surface area contributed by atoms with Crippen LogP contribution in [0.2, 0.25) is 0 Å². The number of carbonyl (C=O) groups excluding carboxylic acids is 1. The molecule has 15 heavy (non-hydrogen) atoms. The molecule has 0 aliphatic carbocycles. The maximum atomic E-state index is 11.7. The average molecular weight is 202 g/mol. The van der Waals surface area contributed by atoms with Gasteiger partial charge in [0.25, 0.3) is 0 Å². The number of carbonyl (C=O) groups is 1. The topological polar surface area (TPSA) is 26.3 Å². The summed E-state index contributed by atoms with van der Waals surface area (Å²) in [5, 5.41) is 0. The van der Waals surface area contributed by atoms with Crippen molar-refractivity contribution in [2.45, 2.75) is 25.9 Å². The van der Waals surface area contributed by atoms with E-state index in [0.717, 1.165) is 5.56 Å². The predicted octanol–water partition coefficient (Wildman–Crippen LogP) is 2.49. The van der Waals surface area contributed by atoms with Crippen LogP contribution in [0.3, 0.4) is 0 Å². The normalized spacial score (nSPS) is 24.9. The van der Waals surface area contributed by atoms with Gasteiger partial charge < -0.3 is 4.74 Å². The number of hydrogen-bond donors (Lipinski definition) is 0. The first-order chi connectivity index (χ1) is 7.10. The van der Waals surface area contributed by atoms with Gasteiger partial charge in [-0.2, -0.15) is 0 Å². The number of benzene rings is 1. The average Bonchev–Trinajstić information content (AvgIpc) is 2.41. The Morgan fingerprint density at radius 1 is 1.27 bits per heavy atom. The molecule has 0 aromatic heterocycles. The zero-order valence-electron chi connectivity index (χ0n) is 8.99. The highest BCUT2D eigenvalue weighted by Gasteiger charge is 2.38. The smallest absolute Gasteiger partial charge is 0.202 e. The van der Waals surface area contributed by atoms with Gasteiger partial charge in [0, 0.05) is 12.5 Å². The van der Waals surface area contributed by atoms with Gasteiger partial charge in [-0.1, -0.05) is 30.3 Å². The van der Waals surface area contributed by atoms with E-state index in [-0.39, 0.29) is 5.78 Å². The monoisotopic (exact) mass is 202 g/mol.